The van der Waals surface area contributed by atoms with Gasteiger partial charge in [0.15, 0.2) is 0 Å². The van der Waals surface area contributed by atoms with E-state index in [9.17, 15) is 14.0 Å². The Morgan fingerprint density at radius 1 is 0.900 bits per heavy atom. The number of hydrogen-bond donors (Lipinski definition) is 0. The second-order valence-electron chi connectivity index (χ2n) is 7.94. The van der Waals surface area contributed by atoms with Crippen molar-refractivity contribution in [3.63, 3.8) is 0 Å². The van der Waals surface area contributed by atoms with Crippen LogP contribution in [0, 0.1) is 5.82 Å². The molecule has 2 aliphatic heterocycles. The van der Waals surface area contributed by atoms with E-state index < -0.39 is 17.2 Å². The molecular weight excluding hydrogens is 381 g/mol. The largest absolute Gasteiger partial charge is 0.422 e. The summed E-state index contributed by atoms with van der Waals surface area (Å²) in [5.74, 6) is -0.696. The number of halogens is 1. The molecule has 0 saturated carbocycles. The fraction of sp³-hybridized carbons (Fsp3) is 0.120. The maximum absolute atomic E-state index is 14.9. The van der Waals surface area contributed by atoms with Crippen LogP contribution in [-0.4, -0.2) is 11.9 Å². The van der Waals surface area contributed by atoms with Crippen LogP contribution >= 0.6 is 0 Å². The summed E-state index contributed by atoms with van der Waals surface area (Å²) in [6.45, 7) is 3.68. The van der Waals surface area contributed by atoms with E-state index in [0.717, 1.165) is 5.56 Å². The van der Waals surface area contributed by atoms with Crippen molar-refractivity contribution in [1.82, 2.24) is 0 Å². The lowest BCUT2D eigenvalue weighted by Gasteiger charge is -2.21. The molecule has 5 heteroatoms. The predicted molar refractivity (Wildman–Crippen MR) is 113 cm³/mol. The summed E-state index contributed by atoms with van der Waals surface area (Å²) in [6.07, 6.45) is 1.68. The van der Waals surface area contributed by atoms with Gasteiger partial charge in [-0.1, -0.05) is 42.5 Å². The number of rotatable bonds is 2. The molecule has 0 atom stereocenters. The number of anilines is 2. The van der Waals surface area contributed by atoms with Crippen molar-refractivity contribution < 1.29 is 18.7 Å². The molecule has 2 heterocycles. The molecule has 3 aromatic rings. The molecule has 0 radical (unpaired) electrons. The third-order valence-electron chi connectivity index (χ3n) is 5.68. The van der Waals surface area contributed by atoms with E-state index in [0.29, 0.717) is 28.1 Å². The van der Waals surface area contributed by atoms with Gasteiger partial charge in [-0.25, -0.2) is 9.18 Å². The lowest BCUT2D eigenvalue weighted by molar-refractivity contribution is -0.121. The Kier molecular flexibility index (Phi) is 3.90. The van der Waals surface area contributed by atoms with Crippen molar-refractivity contribution in [2.45, 2.75) is 19.3 Å². The quantitative estimate of drug-likeness (QED) is 0.539. The van der Waals surface area contributed by atoms with E-state index in [1.165, 1.54) is 11.0 Å². The molecule has 0 spiro atoms. The number of fused-ring (bicyclic) bond motifs is 2. The first-order chi connectivity index (χ1) is 14.4. The molecule has 5 rings (SSSR count). The Morgan fingerprint density at radius 2 is 1.60 bits per heavy atom. The highest BCUT2D eigenvalue weighted by molar-refractivity contribution is 6.13. The summed E-state index contributed by atoms with van der Waals surface area (Å²) in [6, 6.07) is 19.1. The smallest absolute Gasteiger partial charge is 0.344 e. The van der Waals surface area contributed by atoms with Gasteiger partial charge in [-0.2, -0.15) is 0 Å². The van der Waals surface area contributed by atoms with Gasteiger partial charge in [-0.15, -0.1) is 0 Å². The van der Waals surface area contributed by atoms with Crippen molar-refractivity contribution >= 4 is 35.1 Å². The second kappa shape index (κ2) is 6.39. The Labute approximate surface area is 173 Å². The summed E-state index contributed by atoms with van der Waals surface area (Å²) in [7, 11) is 0. The number of amides is 1. The van der Waals surface area contributed by atoms with Gasteiger partial charge >= 0.3 is 5.97 Å². The average Bonchev–Trinajstić information content (AvgIpc) is 3.16. The summed E-state index contributed by atoms with van der Waals surface area (Å²) in [5, 5.41) is 0. The van der Waals surface area contributed by atoms with Crippen LogP contribution in [0.4, 0.5) is 15.8 Å². The molecule has 4 nitrogen and oxygen atoms in total. The van der Waals surface area contributed by atoms with Crippen molar-refractivity contribution in [1.29, 1.82) is 0 Å². The average molecular weight is 399 g/mol. The second-order valence-corrected chi connectivity index (χ2v) is 7.94. The Balaban J connectivity index is 1.61. The first kappa shape index (κ1) is 18.3. The zero-order valence-electron chi connectivity index (χ0n) is 16.5. The maximum atomic E-state index is 14.9. The van der Waals surface area contributed by atoms with Gasteiger partial charge in [0.2, 0.25) is 5.91 Å². The van der Waals surface area contributed by atoms with E-state index in [-0.39, 0.29) is 11.6 Å². The van der Waals surface area contributed by atoms with Gasteiger partial charge < -0.3 is 4.74 Å². The number of carbonyl (C=O) groups is 2. The van der Waals surface area contributed by atoms with E-state index >= 15 is 0 Å². The number of cyclic esters (lactones) is 1. The number of esters is 1. The number of hydrogen-bond acceptors (Lipinski definition) is 3. The molecule has 0 saturated heterocycles. The van der Waals surface area contributed by atoms with Gasteiger partial charge in [-0.3, -0.25) is 9.69 Å². The van der Waals surface area contributed by atoms with Crippen LogP contribution in [0.3, 0.4) is 0 Å². The number of para-hydroxylation sites is 1. The minimum absolute atomic E-state index is 0.171. The van der Waals surface area contributed by atoms with Crippen LogP contribution in [0.25, 0.3) is 11.8 Å². The van der Waals surface area contributed by atoms with Gasteiger partial charge in [0.25, 0.3) is 0 Å². The molecule has 0 aromatic heterocycles. The minimum atomic E-state index is -0.753. The standard InChI is InChI=1S/C25H18FNO3/c1-25(2)18-9-5-6-10-20(18)27(24(25)29)21-13-15(11-12-19(21)26)14-22-16-7-3-4-8-17(16)23(28)30-22/h3-14H,1-2H3. The zero-order valence-corrected chi connectivity index (χ0v) is 16.5. The van der Waals surface area contributed by atoms with E-state index in [1.807, 2.05) is 44.2 Å². The van der Waals surface area contributed by atoms with Crippen LogP contribution in [0.5, 0.6) is 0 Å². The van der Waals surface area contributed by atoms with Gasteiger partial charge in [0.1, 0.15) is 11.6 Å². The van der Waals surface area contributed by atoms with Crippen molar-refractivity contribution in [3.05, 3.63) is 94.8 Å². The van der Waals surface area contributed by atoms with Crippen molar-refractivity contribution in [3.8, 4) is 0 Å². The van der Waals surface area contributed by atoms with Crippen molar-refractivity contribution in [2.75, 3.05) is 4.90 Å². The van der Waals surface area contributed by atoms with Crippen LogP contribution in [0.15, 0.2) is 66.7 Å². The third kappa shape index (κ3) is 2.59. The fourth-order valence-electron chi connectivity index (χ4n) is 4.08. The van der Waals surface area contributed by atoms with Crippen LogP contribution in [0.1, 0.15) is 40.9 Å². The molecule has 0 unspecified atom stereocenters. The summed E-state index contributed by atoms with van der Waals surface area (Å²) >= 11 is 0. The highest BCUT2D eigenvalue weighted by Gasteiger charge is 2.45. The summed E-state index contributed by atoms with van der Waals surface area (Å²) < 4.78 is 20.2. The molecule has 2 aliphatic rings. The first-order valence-corrected chi connectivity index (χ1v) is 9.65. The molecule has 0 aliphatic carbocycles. The Bertz CT molecular complexity index is 1260. The van der Waals surface area contributed by atoms with Gasteiger partial charge in [0.05, 0.1) is 22.4 Å². The van der Waals surface area contributed by atoms with Gasteiger partial charge in [0, 0.05) is 5.56 Å². The van der Waals surface area contributed by atoms with Crippen molar-refractivity contribution in [2.24, 2.45) is 0 Å². The van der Waals surface area contributed by atoms with E-state index in [2.05, 4.69) is 0 Å². The fourth-order valence-corrected chi connectivity index (χ4v) is 4.08. The number of ether oxygens (including phenoxy) is 1. The summed E-state index contributed by atoms with van der Waals surface area (Å²) in [5.41, 5.74) is 2.77. The Hall–Kier alpha value is -3.73. The van der Waals surface area contributed by atoms with E-state index in [1.54, 1.807) is 36.4 Å². The maximum Gasteiger partial charge on any atom is 0.344 e. The monoisotopic (exact) mass is 399 g/mol. The molecule has 3 aromatic carbocycles. The van der Waals surface area contributed by atoms with Gasteiger partial charge in [-0.05, 0) is 55.3 Å². The topological polar surface area (TPSA) is 46.6 Å². The molecule has 30 heavy (non-hydrogen) atoms. The lowest BCUT2D eigenvalue weighted by atomic mass is 9.86. The number of carbonyl (C=O) groups excluding carboxylic acids is 2. The predicted octanol–water partition coefficient (Wildman–Crippen LogP) is 5.45. The Morgan fingerprint density at radius 3 is 2.40 bits per heavy atom. The zero-order chi connectivity index (χ0) is 21.0. The molecule has 1 amide bonds. The molecule has 148 valence electrons. The number of benzene rings is 3. The molecule has 0 bridgehead atoms. The minimum Gasteiger partial charge on any atom is -0.422 e. The SMILES string of the molecule is CC1(C)C(=O)N(c2cc(C=C3OC(=O)c4ccccc43)ccc2F)c2ccccc21. The highest BCUT2D eigenvalue weighted by atomic mass is 19.1. The van der Waals surface area contributed by atoms with Crippen LogP contribution in [0.2, 0.25) is 0 Å². The molecule has 0 N–H and O–H groups in total. The third-order valence-corrected chi connectivity index (χ3v) is 5.68. The molecular formula is C25H18FNO3. The van der Waals surface area contributed by atoms with Crippen LogP contribution < -0.4 is 4.90 Å². The first-order valence-electron chi connectivity index (χ1n) is 9.65. The lowest BCUT2D eigenvalue weighted by Crippen LogP contribution is -2.33. The normalized spacial score (nSPS) is 17.8. The van der Waals surface area contributed by atoms with E-state index in [4.69, 9.17) is 4.74 Å². The van der Waals surface area contributed by atoms with Crippen LogP contribution in [-0.2, 0) is 14.9 Å². The number of nitrogens with zero attached hydrogens (tertiary/aromatic N) is 1. The molecule has 0 fully saturated rings. The summed E-state index contributed by atoms with van der Waals surface area (Å²) in [4.78, 5) is 26.7. The highest BCUT2D eigenvalue weighted by Crippen LogP contribution is 2.46.